The number of nitrogens with two attached hydrogens (primary N) is 1. The Morgan fingerprint density at radius 2 is 1.75 bits per heavy atom. The monoisotopic (exact) mass is 506 g/mol. The van der Waals surface area contributed by atoms with Crippen molar-refractivity contribution in [1.29, 1.82) is 0 Å². The molecule has 0 aliphatic carbocycles. The van der Waals surface area contributed by atoms with E-state index in [2.05, 4.69) is 4.98 Å². The lowest BCUT2D eigenvalue weighted by Crippen LogP contribution is -2.34. The summed E-state index contributed by atoms with van der Waals surface area (Å²) in [6.07, 6.45) is 1.13. The number of hydrogen-bond donors (Lipinski definition) is 3. The fraction of sp³-hybridized carbons (Fsp3) is 0.154. The Kier molecular flexibility index (Phi) is 7.09. The Morgan fingerprint density at radius 3 is 2.36 bits per heavy atom. The molecule has 4 aromatic rings. The summed E-state index contributed by atoms with van der Waals surface area (Å²) in [5.74, 6) is -0.584. The number of carbonyl (C=O) groups is 1. The first-order valence-electron chi connectivity index (χ1n) is 11.1. The summed E-state index contributed by atoms with van der Waals surface area (Å²) in [5.41, 5.74) is 9.25. The highest BCUT2D eigenvalue weighted by molar-refractivity contribution is 7.92. The fourth-order valence-corrected chi connectivity index (χ4v) is 4.90. The molecule has 0 radical (unpaired) electrons. The van der Waals surface area contributed by atoms with Gasteiger partial charge in [0.25, 0.3) is 0 Å². The number of sulfonamides is 1. The molecule has 4 rings (SSSR count). The van der Waals surface area contributed by atoms with E-state index in [1.54, 1.807) is 42.5 Å². The third-order valence-corrected chi connectivity index (χ3v) is 6.79. The van der Waals surface area contributed by atoms with Gasteiger partial charge in [-0.1, -0.05) is 36.4 Å². The van der Waals surface area contributed by atoms with Gasteiger partial charge in [-0.2, -0.15) is 0 Å². The van der Waals surface area contributed by atoms with Crippen molar-refractivity contribution >= 4 is 44.0 Å². The number of nitrogens with zero attached hydrogens (tertiary/aromatic N) is 2. The number of aromatic amines is 1. The zero-order valence-electron chi connectivity index (χ0n) is 19.8. The zero-order chi connectivity index (χ0) is 25.9. The average molecular weight is 507 g/mol. The maximum Gasteiger partial charge on any atom is 0.337 e. The van der Waals surface area contributed by atoms with Crippen molar-refractivity contribution in [3.8, 4) is 5.88 Å². The molecule has 9 nitrogen and oxygen atoms in total. The minimum absolute atomic E-state index is 0.0996. The van der Waals surface area contributed by atoms with E-state index in [0.29, 0.717) is 39.1 Å². The SMILES string of the molecule is COC(=O)c1ccc2c(C(=Nc3ccc(N(CCN)S(C)(=O)=O)cc3)c3ccccc3)c(O)[nH]c2c1. The maximum absolute atomic E-state index is 12.2. The molecule has 0 aliphatic rings. The Labute approximate surface area is 208 Å². The van der Waals surface area contributed by atoms with E-state index in [4.69, 9.17) is 15.5 Å². The summed E-state index contributed by atoms with van der Waals surface area (Å²) in [7, 11) is -2.18. The molecule has 36 heavy (non-hydrogen) atoms. The van der Waals surface area contributed by atoms with Gasteiger partial charge in [-0.3, -0.25) is 4.31 Å². The molecular formula is C26H26N4O5S. The van der Waals surface area contributed by atoms with Crippen LogP contribution in [0, 0.1) is 0 Å². The van der Waals surface area contributed by atoms with Crippen LogP contribution in [0.1, 0.15) is 21.5 Å². The second-order valence-corrected chi connectivity index (χ2v) is 9.97. The molecule has 1 heterocycles. The normalized spacial score (nSPS) is 12.0. The smallest absolute Gasteiger partial charge is 0.337 e. The van der Waals surface area contributed by atoms with Crippen molar-refractivity contribution in [2.24, 2.45) is 10.7 Å². The summed E-state index contributed by atoms with van der Waals surface area (Å²) in [4.78, 5) is 19.7. The number of anilines is 1. The number of nitrogens with one attached hydrogen (secondary N) is 1. The largest absolute Gasteiger partial charge is 0.494 e. The van der Waals surface area contributed by atoms with E-state index in [1.807, 2.05) is 30.3 Å². The Bertz CT molecular complexity index is 1530. The first kappa shape index (κ1) is 25.0. The van der Waals surface area contributed by atoms with Gasteiger partial charge in [0.2, 0.25) is 10.0 Å². The number of rotatable bonds is 8. The van der Waals surface area contributed by atoms with Gasteiger partial charge in [0.1, 0.15) is 0 Å². The van der Waals surface area contributed by atoms with E-state index in [-0.39, 0.29) is 19.0 Å². The number of aromatic nitrogens is 1. The van der Waals surface area contributed by atoms with Gasteiger partial charge in [0.05, 0.1) is 41.6 Å². The minimum Gasteiger partial charge on any atom is -0.494 e. The highest BCUT2D eigenvalue weighted by Gasteiger charge is 2.20. The number of benzene rings is 3. The number of carbonyl (C=O) groups excluding carboxylic acids is 1. The van der Waals surface area contributed by atoms with E-state index in [9.17, 15) is 18.3 Å². The Morgan fingerprint density at radius 1 is 1.06 bits per heavy atom. The van der Waals surface area contributed by atoms with Gasteiger partial charge in [-0.05, 0) is 36.4 Å². The average Bonchev–Trinajstić information content (AvgIpc) is 3.20. The van der Waals surface area contributed by atoms with Crippen LogP contribution >= 0.6 is 0 Å². The van der Waals surface area contributed by atoms with Gasteiger partial charge in [0.15, 0.2) is 5.88 Å². The number of methoxy groups -OCH3 is 1. The second kappa shape index (κ2) is 10.2. The van der Waals surface area contributed by atoms with Crippen LogP contribution < -0.4 is 10.0 Å². The van der Waals surface area contributed by atoms with Crippen LogP contribution in [-0.2, 0) is 14.8 Å². The molecule has 4 N–H and O–H groups in total. The lowest BCUT2D eigenvalue weighted by molar-refractivity contribution is 0.0601. The molecule has 1 aromatic heterocycles. The van der Waals surface area contributed by atoms with Gasteiger partial charge < -0.3 is 20.6 Å². The molecule has 10 heteroatoms. The van der Waals surface area contributed by atoms with Crippen molar-refractivity contribution in [3.63, 3.8) is 0 Å². The predicted molar refractivity (Wildman–Crippen MR) is 141 cm³/mol. The van der Waals surface area contributed by atoms with Gasteiger partial charge in [-0.15, -0.1) is 0 Å². The summed E-state index contributed by atoms with van der Waals surface area (Å²) in [6, 6.07) is 21.1. The van der Waals surface area contributed by atoms with E-state index >= 15 is 0 Å². The van der Waals surface area contributed by atoms with Gasteiger partial charge in [-0.25, -0.2) is 18.2 Å². The summed E-state index contributed by atoms with van der Waals surface area (Å²) in [5, 5.41) is 11.5. The van der Waals surface area contributed by atoms with E-state index < -0.39 is 16.0 Å². The first-order chi connectivity index (χ1) is 17.2. The van der Waals surface area contributed by atoms with Crippen LogP contribution in [-0.4, -0.2) is 56.6 Å². The number of ether oxygens (including phenoxy) is 1. The van der Waals surface area contributed by atoms with Crippen LogP contribution in [0.4, 0.5) is 11.4 Å². The molecule has 3 aromatic carbocycles. The number of fused-ring (bicyclic) bond motifs is 1. The maximum atomic E-state index is 12.2. The summed E-state index contributed by atoms with van der Waals surface area (Å²) >= 11 is 0. The van der Waals surface area contributed by atoms with Crippen molar-refractivity contribution in [2.75, 3.05) is 30.8 Å². The molecule has 0 spiro atoms. The predicted octanol–water partition coefficient (Wildman–Crippen LogP) is 3.55. The van der Waals surface area contributed by atoms with Crippen molar-refractivity contribution in [1.82, 2.24) is 4.98 Å². The van der Waals surface area contributed by atoms with E-state index in [0.717, 1.165) is 11.8 Å². The van der Waals surface area contributed by atoms with Crippen LogP contribution in [0.15, 0.2) is 77.8 Å². The number of aromatic hydroxyl groups is 1. The third-order valence-electron chi connectivity index (χ3n) is 5.60. The molecule has 0 aliphatic heterocycles. The van der Waals surface area contributed by atoms with E-state index in [1.165, 1.54) is 11.4 Å². The lowest BCUT2D eigenvalue weighted by atomic mass is 10.00. The fourth-order valence-electron chi connectivity index (χ4n) is 3.95. The quantitative estimate of drug-likeness (QED) is 0.247. The van der Waals surface area contributed by atoms with Crippen LogP contribution in [0.5, 0.6) is 5.88 Å². The van der Waals surface area contributed by atoms with Crippen LogP contribution in [0.3, 0.4) is 0 Å². The molecule has 0 saturated heterocycles. The number of hydrogen-bond acceptors (Lipinski definition) is 7. The number of aliphatic imine (C=N–C) groups is 1. The summed E-state index contributed by atoms with van der Waals surface area (Å²) < 4.78 is 30.3. The third kappa shape index (κ3) is 5.09. The van der Waals surface area contributed by atoms with Crippen LogP contribution in [0.25, 0.3) is 10.9 Å². The summed E-state index contributed by atoms with van der Waals surface area (Å²) in [6.45, 7) is 0.343. The molecule has 0 atom stereocenters. The molecule has 0 unspecified atom stereocenters. The number of H-pyrrole nitrogens is 1. The lowest BCUT2D eigenvalue weighted by Gasteiger charge is -2.21. The van der Waals surface area contributed by atoms with Gasteiger partial charge >= 0.3 is 5.97 Å². The topological polar surface area (TPSA) is 138 Å². The minimum atomic E-state index is -3.49. The highest BCUT2D eigenvalue weighted by atomic mass is 32.2. The van der Waals surface area contributed by atoms with Crippen molar-refractivity contribution < 1.29 is 23.1 Å². The molecule has 0 bridgehead atoms. The first-order valence-corrected chi connectivity index (χ1v) is 12.9. The molecular weight excluding hydrogens is 480 g/mol. The zero-order valence-corrected chi connectivity index (χ0v) is 20.6. The standard InChI is InChI=1S/C26H26N4O5S/c1-35-26(32)18-8-13-21-22(16-18)29-25(31)23(21)24(17-6-4-3-5-7-17)28-19-9-11-20(12-10-19)30(15-14-27)36(2,33)34/h3-13,16,29,31H,14-15,27H2,1-2H3. The molecule has 0 amide bonds. The number of esters is 1. The van der Waals surface area contributed by atoms with Crippen LogP contribution in [0.2, 0.25) is 0 Å². The molecule has 0 fully saturated rings. The Hall–Kier alpha value is -4.15. The molecule has 0 saturated carbocycles. The highest BCUT2D eigenvalue weighted by Crippen LogP contribution is 2.32. The Balaban J connectivity index is 1.84. The van der Waals surface area contributed by atoms with Gasteiger partial charge in [0, 0.05) is 29.6 Å². The second-order valence-electron chi connectivity index (χ2n) is 8.07. The van der Waals surface area contributed by atoms with Crippen molar-refractivity contribution in [3.05, 3.63) is 89.5 Å². The van der Waals surface area contributed by atoms with Crippen molar-refractivity contribution in [2.45, 2.75) is 0 Å². The molecule has 186 valence electrons.